The Kier molecular flexibility index (Phi) is 4.04. The predicted octanol–water partition coefficient (Wildman–Crippen LogP) is 3.39. The highest BCUT2D eigenvalue weighted by atomic mass is 19.1. The molecule has 2 nitrogen and oxygen atoms in total. The van der Waals surface area contributed by atoms with Crippen LogP contribution in [0.25, 0.3) is 0 Å². The highest BCUT2D eigenvalue weighted by Gasteiger charge is 2.28. The van der Waals surface area contributed by atoms with Crippen molar-refractivity contribution in [3.8, 4) is 5.75 Å². The van der Waals surface area contributed by atoms with Crippen LogP contribution in [0, 0.1) is 11.6 Å². The summed E-state index contributed by atoms with van der Waals surface area (Å²) >= 11 is 0. The fourth-order valence-corrected chi connectivity index (χ4v) is 2.30. The minimum absolute atomic E-state index is 0.0872. The maximum Gasteiger partial charge on any atom is 0.131 e. The average Bonchev–Trinajstić information content (AvgIpc) is 2.38. The van der Waals surface area contributed by atoms with E-state index in [0.717, 1.165) is 11.3 Å². The summed E-state index contributed by atoms with van der Waals surface area (Å²) in [5.41, 5.74) is 5.81. The smallest absolute Gasteiger partial charge is 0.131 e. The summed E-state index contributed by atoms with van der Waals surface area (Å²) in [6.45, 7) is 1.62. The van der Waals surface area contributed by atoms with E-state index in [0.29, 0.717) is 6.42 Å². The van der Waals surface area contributed by atoms with Crippen molar-refractivity contribution in [3.05, 3.63) is 65.2 Å². The zero-order valence-electron chi connectivity index (χ0n) is 11.5. The van der Waals surface area contributed by atoms with E-state index in [-0.39, 0.29) is 5.56 Å². The van der Waals surface area contributed by atoms with Crippen LogP contribution in [0.15, 0.2) is 42.5 Å². The van der Waals surface area contributed by atoms with Gasteiger partial charge in [0.2, 0.25) is 0 Å². The van der Waals surface area contributed by atoms with Gasteiger partial charge in [-0.05, 0) is 43.2 Å². The highest BCUT2D eigenvalue weighted by Crippen LogP contribution is 2.28. The molecule has 0 spiro atoms. The molecule has 2 aromatic carbocycles. The molecule has 2 N–H and O–H groups in total. The largest absolute Gasteiger partial charge is 0.497 e. The number of ether oxygens (including phenoxy) is 1. The Morgan fingerprint density at radius 1 is 1.05 bits per heavy atom. The van der Waals surface area contributed by atoms with Crippen LogP contribution in [0.4, 0.5) is 8.78 Å². The Morgan fingerprint density at radius 2 is 1.60 bits per heavy atom. The van der Waals surface area contributed by atoms with Gasteiger partial charge >= 0.3 is 0 Å². The van der Waals surface area contributed by atoms with Crippen LogP contribution in [-0.2, 0) is 12.0 Å². The van der Waals surface area contributed by atoms with Gasteiger partial charge in [0, 0.05) is 11.1 Å². The van der Waals surface area contributed by atoms with Crippen LogP contribution in [-0.4, -0.2) is 7.11 Å². The first-order valence-corrected chi connectivity index (χ1v) is 6.30. The molecule has 0 saturated carbocycles. The van der Waals surface area contributed by atoms with E-state index < -0.39 is 17.2 Å². The molecule has 0 aliphatic heterocycles. The fourth-order valence-electron chi connectivity index (χ4n) is 2.30. The van der Waals surface area contributed by atoms with E-state index in [1.165, 1.54) is 18.2 Å². The van der Waals surface area contributed by atoms with E-state index in [9.17, 15) is 8.78 Å². The first kappa shape index (κ1) is 14.5. The summed E-state index contributed by atoms with van der Waals surface area (Å²) in [4.78, 5) is 0. The van der Waals surface area contributed by atoms with Crippen molar-refractivity contribution in [2.75, 3.05) is 7.11 Å². The molecule has 2 rings (SSSR count). The molecule has 106 valence electrons. The van der Waals surface area contributed by atoms with Crippen molar-refractivity contribution in [2.24, 2.45) is 5.73 Å². The lowest BCUT2D eigenvalue weighted by Crippen LogP contribution is -2.37. The number of hydrogen-bond acceptors (Lipinski definition) is 2. The van der Waals surface area contributed by atoms with Crippen LogP contribution < -0.4 is 10.5 Å². The Bertz CT molecular complexity index is 574. The van der Waals surface area contributed by atoms with Gasteiger partial charge in [0.1, 0.15) is 17.4 Å². The van der Waals surface area contributed by atoms with Crippen molar-refractivity contribution in [1.29, 1.82) is 0 Å². The maximum absolute atomic E-state index is 13.8. The predicted molar refractivity (Wildman–Crippen MR) is 74.6 cm³/mol. The standard InChI is InChI=1S/C16H17F2NO/c1-16(19,15-13(17)4-3-5-14(15)18)10-11-6-8-12(20-2)9-7-11/h3-9H,10,19H2,1-2H3. The van der Waals surface area contributed by atoms with Gasteiger partial charge in [0.15, 0.2) is 0 Å². The number of benzene rings is 2. The molecule has 0 radical (unpaired) electrons. The summed E-state index contributed by atoms with van der Waals surface area (Å²) in [6.07, 6.45) is 0.328. The van der Waals surface area contributed by atoms with E-state index >= 15 is 0 Å². The zero-order chi connectivity index (χ0) is 14.8. The zero-order valence-corrected chi connectivity index (χ0v) is 11.5. The van der Waals surface area contributed by atoms with Crippen molar-refractivity contribution in [3.63, 3.8) is 0 Å². The first-order chi connectivity index (χ1) is 9.44. The molecule has 0 aromatic heterocycles. The molecule has 1 unspecified atom stereocenters. The minimum atomic E-state index is -1.12. The minimum Gasteiger partial charge on any atom is -0.497 e. The summed E-state index contributed by atoms with van der Waals surface area (Å²) in [5, 5.41) is 0. The fraction of sp³-hybridized carbons (Fsp3) is 0.250. The lowest BCUT2D eigenvalue weighted by Gasteiger charge is -2.26. The Labute approximate surface area is 117 Å². The number of methoxy groups -OCH3 is 1. The molecular formula is C16H17F2NO. The molecule has 0 heterocycles. The van der Waals surface area contributed by atoms with E-state index in [1.54, 1.807) is 26.2 Å². The Morgan fingerprint density at radius 3 is 2.10 bits per heavy atom. The third-order valence-corrected chi connectivity index (χ3v) is 3.26. The van der Waals surface area contributed by atoms with E-state index in [1.807, 2.05) is 12.1 Å². The molecule has 0 aliphatic carbocycles. The topological polar surface area (TPSA) is 35.2 Å². The Hall–Kier alpha value is -1.94. The summed E-state index contributed by atoms with van der Waals surface area (Å²) in [6, 6.07) is 11.0. The van der Waals surface area contributed by atoms with Crippen LogP contribution in [0.1, 0.15) is 18.1 Å². The number of nitrogens with two attached hydrogens (primary N) is 1. The molecule has 0 fully saturated rings. The summed E-state index contributed by atoms with van der Waals surface area (Å²) in [5.74, 6) is -0.517. The van der Waals surface area contributed by atoms with Crippen molar-refractivity contribution < 1.29 is 13.5 Å². The van der Waals surface area contributed by atoms with Crippen molar-refractivity contribution in [1.82, 2.24) is 0 Å². The molecule has 0 bridgehead atoms. The van der Waals surface area contributed by atoms with Gasteiger partial charge in [-0.25, -0.2) is 8.78 Å². The molecule has 1 atom stereocenters. The SMILES string of the molecule is COc1ccc(CC(C)(N)c2c(F)cccc2F)cc1. The normalized spacial score (nSPS) is 13.8. The number of rotatable bonds is 4. The van der Waals surface area contributed by atoms with Gasteiger partial charge in [-0.1, -0.05) is 18.2 Å². The third-order valence-electron chi connectivity index (χ3n) is 3.26. The van der Waals surface area contributed by atoms with Crippen molar-refractivity contribution >= 4 is 0 Å². The molecule has 4 heteroatoms. The van der Waals surface area contributed by atoms with Gasteiger partial charge in [-0.3, -0.25) is 0 Å². The molecule has 20 heavy (non-hydrogen) atoms. The van der Waals surface area contributed by atoms with Crippen molar-refractivity contribution in [2.45, 2.75) is 18.9 Å². The third kappa shape index (κ3) is 2.96. The number of hydrogen-bond donors (Lipinski definition) is 1. The summed E-state index contributed by atoms with van der Waals surface area (Å²) < 4.78 is 32.7. The van der Waals surface area contributed by atoms with Crippen LogP contribution in [0.2, 0.25) is 0 Å². The van der Waals surface area contributed by atoms with Gasteiger partial charge in [0.05, 0.1) is 7.11 Å². The summed E-state index contributed by atoms with van der Waals surface area (Å²) in [7, 11) is 1.58. The van der Waals surface area contributed by atoms with Crippen LogP contribution in [0.3, 0.4) is 0 Å². The maximum atomic E-state index is 13.8. The van der Waals surface area contributed by atoms with Crippen LogP contribution in [0.5, 0.6) is 5.75 Å². The van der Waals surface area contributed by atoms with Gasteiger partial charge in [-0.2, -0.15) is 0 Å². The second-order valence-electron chi connectivity index (χ2n) is 5.04. The molecule has 0 saturated heterocycles. The first-order valence-electron chi connectivity index (χ1n) is 6.30. The average molecular weight is 277 g/mol. The van der Waals surface area contributed by atoms with E-state index in [2.05, 4.69) is 0 Å². The second kappa shape index (κ2) is 5.59. The Balaban J connectivity index is 2.30. The lowest BCUT2D eigenvalue weighted by atomic mass is 9.86. The molecule has 2 aromatic rings. The monoisotopic (exact) mass is 277 g/mol. The molecular weight excluding hydrogens is 260 g/mol. The lowest BCUT2D eigenvalue weighted by molar-refractivity contribution is 0.412. The molecule has 0 aliphatic rings. The molecule has 0 amide bonds. The van der Waals surface area contributed by atoms with Gasteiger partial charge in [0.25, 0.3) is 0 Å². The highest BCUT2D eigenvalue weighted by molar-refractivity contribution is 5.32. The second-order valence-corrected chi connectivity index (χ2v) is 5.04. The van der Waals surface area contributed by atoms with E-state index in [4.69, 9.17) is 10.5 Å². The van der Waals surface area contributed by atoms with Crippen LogP contribution >= 0.6 is 0 Å². The quantitative estimate of drug-likeness (QED) is 0.929. The van der Waals surface area contributed by atoms with Gasteiger partial charge in [-0.15, -0.1) is 0 Å². The van der Waals surface area contributed by atoms with Gasteiger partial charge < -0.3 is 10.5 Å². The number of halogens is 2.